The molecule has 0 aliphatic heterocycles. The van der Waals surface area contributed by atoms with Crippen LogP contribution in [-0.2, 0) is 0 Å². The summed E-state index contributed by atoms with van der Waals surface area (Å²) < 4.78 is 16.1. The van der Waals surface area contributed by atoms with Gasteiger partial charge < -0.3 is 19.2 Å². The van der Waals surface area contributed by atoms with Crippen LogP contribution in [0, 0.1) is 6.92 Å². The van der Waals surface area contributed by atoms with Crippen LogP contribution in [0.1, 0.15) is 29.9 Å². The van der Waals surface area contributed by atoms with Gasteiger partial charge in [0.25, 0.3) is 0 Å². The van der Waals surface area contributed by atoms with Crippen molar-refractivity contribution in [3.8, 4) is 11.5 Å². The normalized spacial score (nSPS) is 12.2. The lowest BCUT2D eigenvalue weighted by atomic mass is 10.00. The molecule has 0 fully saturated rings. The number of rotatable bonds is 6. The maximum absolute atomic E-state index is 5.42. The van der Waals surface area contributed by atoms with Crippen LogP contribution in [0.2, 0.25) is 0 Å². The minimum absolute atomic E-state index is 0.0569. The molecule has 1 heterocycles. The van der Waals surface area contributed by atoms with Crippen molar-refractivity contribution in [1.82, 2.24) is 5.32 Å². The molecule has 4 nitrogen and oxygen atoms in total. The van der Waals surface area contributed by atoms with Gasteiger partial charge in [-0.15, -0.1) is 0 Å². The number of nitrogens with one attached hydrogen (secondary N) is 1. The molecule has 4 heteroatoms. The van der Waals surface area contributed by atoms with Gasteiger partial charge in [-0.1, -0.05) is 6.92 Å². The van der Waals surface area contributed by atoms with Crippen molar-refractivity contribution in [1.29, 1.82) is 0 Å². The van der Waals surface area contributed by atoms with Crippen molar-refractivity contribution in [2.45, 2.75) is 19.9 Å². The molecule has 0 radical (unpaired) electrons. The molecule has 2 rings (SSSR count). The van der Waals surface area contributed by atoms with E-state index in [1.165, 1.54) is 0 Å². The van der Waals surface area contributed by atoms with Crippen LogP contribution in [0.4, 0.5) is 0 Å². The van der Waals surface area contributed by atoms with Crippen molar-refractivity contribution >= 4 is 0 Å². The smallest absolute Gasteiger partial charge is 0.122 e. The highest BCUT2D eigenvalue weighted by Gasteiger charge is 2.17. The van der Waals surface area contributed by atoms with Gasteiger partial charge in [0.15, 0.2) is 0 Å². The second-order valence-electron chi connectivity index (χ2n) is 4.63. The first kappa shape index (κ1) is 14.5. The zero-order chi connectivity index (χ0) is 14.5. The molecule has 0 saturated carbocycles. The Hall–Kier alpha value is -1.94. The van der Waals surface area contributed by atoms with E-state index >= 15 is 0 Å². The zero-order valence-electron chi connectivity index (χ0n) is 12.4. The third-order valence-corrected chi connectivity index (χ3v) is 3.20. The lowest BCUT2D eigenvalue weighted by Crippen LogP contribution is -2.21. The fourth-order valence-corrected chi connectivity index (χ4v) is 2.24. The number of hydrogen-bond acceptors (Lipinski definition) is 4. The minimum Gasteiger partial charge on any atom is -0.497 e. The van der Waals surface area contributed by atoms with E-state index in [4.69, 9.17) is 13.9 Å². The van der Waals surface area contributed by atoms with Crippen LogP contribution in [0.3, 0.4) is 0 Å². The largest absolute Gasteiger partial charge is 0.497 e. The Morgan fingerprint density at radius 2 is 1.70 bits per heavy atom. The van der Waals surface area contributed by atoms with Crippen LogP contribution in [0.5, 0.6) is 11.5 Å². The average molecular weight is 275 g/mol. The topological polar surface area (TPSA) is 43.6 Å². The summed E-state index contributed by atoms with van der Waals surface area (Å²) in [6.07, 6.45) is 1.79. The predicted molar refractivity (Wildman–Crippen MR) is 78.5 cm³/mol. The summed E-state index contributed by atoms with van der Waals surface area (Å²) in [5.41, 5.74) is 2.18. The summed E-state index contributed by atoms with van der Waals surface area (Å²) in [4.78, 5) is 0. The lowest BCUT2D eigenvalue weighted by molar-refractivity contribution is 0.392. The van der Waals surface area contributed by atoms with Crippen molar-refractivity contribution in [3.63, 3.8) is 0 Å². The number of hydrogen-bond donors (Lipinski definition) is 1. The first-order valence-corrected chi connectivity index (χ1v) is 6.69. The summed E-state index contributed by atoms with van der Waals surface area (Å²) in [7, 11) is 3.31. The van der Waals surface area contributed by atoms with Crippen LogP contribution in [0.25, 0.3) is 0 Å². The highest BCUT2D eigenvalue weighted by molar-refractivity contribution is 5.42. The number of methoxy groups -OCH3 is 2. The molecule has 0 amide bonds. The van der Waals surface area contributed by atoms with Gasteiger partial charge in [0, 0.05) is 11.6 Å². The molecule has 0 bridgehead atoms. The maximum Gasteiger partial charge on any atom is 0.122 e. The molecular formula is C16H21NO3. The van der Waals surface area contributed by atoms with Gasteiger partial charge in [-0.25, -0.2) is 0 Å². The summed E-state index contributed by atoms with van der Waals surface area (Å²) >= 11 is 0. The molecule has 2 aromatic rings. The summed E-state index contributed by atoms with van der Waals surface area (Å²) in [5, 5.41) is 3.46. The van der Waals surface area contributed by atoms with Gasteiger partial charge >= 0.3 is 0 Å². The Morgan fingerprint density at radius 1 is 1.05 bits per heavy atom. The quantitative estimate of drug-likeness (QED) is 0.878. The SMILES string of the molecule is CCNC(c1cc(OC)cc(OC)c1)c1coc(C)c1. The molecule has 0 saturated heterocycles. The monoisotopic (exact) mass is 275 g/mol. The standard InChI is InChI=1S/C16H21NO3/c1-5-17-16(13-6-11(2)20-10-13)12-7-14(18-3)9-15(8-12)19-4/h6-10,16-17H,5H2,1-4H3. The van der Waals surface area contributed by atoms with E-state index in [1.54, 1.807) is 20.5 Å². The van der Waals surface area contributed by atoms with E-state index in [1.807, 2.05) is 31.2 Å². The molecule has 0 aliphatic rings. The van der Waals surface area contributed by atoms with Gasteiger partial charge in [0.2, 0.25) is 0 Å². The molecule has 1 aromatic heterocycles. The van der Waals surface area contributed by atoms with Crippen LogP contribution in [0.15, 0.2) is 34.9 Å². The van der Waals surface area contributed by atoms with Crippen LogP contribution in [-0.4, -0.2) is 20.8 Å². The van der Waals surface area contributed by atoms with Gasteiger partial charge in [-0.3, -0.25) is 0 Å². The van der Waals surface area contributed by atoms with E-state index in [9.17, 15) is 0 Å². The van der Waals surface area contributed by atoms with Gasteiger partial charge in [-0.2, -0.15) is 0 Å². The Balaban J connectivity index is 2.42. The second-order valence-corrected chi connectivity index (χ2v) is 4.63. The van der Waals surface area contributed by atoms with E-state index in [2.05, 4.69) is 12.2 Å². The van der Waals surface area contributed by atoms with Crippen molar-refractivity contribution in [2.75, 3.05) is 20.8 Å². The van der Waals surface area contributed by atoms with E-state index in [-0.39, 0.29) is 6.04 Å². The van der Waals surface area contributed by atoms with Gasteiger partial charge in [-0.05, 0) is 37.2 Å². The Labute approximate surface area is 119 Å². The number of ether oxygens (including phenoxy) is 2. The third kappa shape index (κ3) is 3.14. The number of furan rings is 1. The molecule has 20 heavy (non-hydrogen) atoms. The predicted octanol–water partition coefficient (Wildman–Crippen LogP) is 3.30. The van der Waals surface area contributed by atoms with E-state index < -0.39 is 0 Å². The van der Waals surface area contributed by atoms with Crippen molar-refractivity contribution in [3.05, 3.63) is 47.4 Å². The van der Waals surface area contributed by atoms with Crippen LogP contribution >= 0.6 is 0 Å². The van der Waals surface area contributed by atoms with Gasteiger partial charge in [0.05, 0.1) is 26.5 Å². The highest BCUT2D eigenvalue weighted by atomic mass is 16.5. The molecule has 1 unspecified atom stereocenters. The summed E-state index contributed by atoms with van der Waals surface area (Å²) in [6.45, 7) is 4.88. The van der Waals surface area contributed by atoms with Crippen LogP contribution < -0.4 is 14.8 Å². The molecule has 0 aliphatic carbocycles. The molecule has 1 atom stereocenters. The Bertz CT molecular complexity index is 540. The fourth-order valence-electron chi connectivity index (χ4n) is 2.24. The second kappa shape index (κ2) is 6.48. The molecular weight excluding hydrogens is 254 g/mol. The zero-order valence-corrected chi connectivity index (χ0v) is 12.4. The van der Waals surface area contributed by atoms with Crippen molar-refractivity contribution in [2.24, 2.45) is 0 Å². The molecule has 1 N–H and O–H groups in total. The van der Waals surface area contributed by atoms with Gasteiger partial charge in [0.1, 0.15) is 17.3 Å². The summed E-state index contributed by atoms with van der Waals surface area (Å²) in [5.74, 6) is 2.46. The number of benzene rings is 1. The molecule has 0 spiro atoms. The van der Waals surface area contributed by atoms with Crippen molar-refractivity contribution < 1.29 is 13.9 Å². The van der Waals surface area contributed by atoms with E-state index in [0.29, 0.717) is 0 Å². The fraction of sp³-hybridized carbons (Fsp3) is 0.375. The summed E-state index contributed by atoms with van der Waals surface area (Å²) in [6, 6.07) is 7.99. The molecule has 1 aromatic carbocycles. The average Bonchev–Trinajstić information content (AvgIpc) is 2.90. The Morgan fingerprint density at radius 3 is 2.15 bits per heavy atom. The first-order chi connectivity index (χ1) is 9.67. The minimum atomic E-state index is 0.0569. The third-order valence-electron chi connectivity index (χ3n) is 3.20. The Kier molecular flexibility index (Phi) is 4.69. The molecule has 108 valence electrons. The van der Waals surface area contributed by atoms with E-state index in [0.717, 1.165) is 34.9 Å². The highest BCUT2D eigenvalue weighted by Crippen LogP contribution is 2.30. The first-order valence-electron chi connectivity index (χ1n) is 6.69. The maximum atomic E-state index is 5.42. The number of aryl methyl sites for hydroxylation is 1. The lowest BCUT2D eigenvalue weighted by Gasteiger charge is -2.18.